The highest BCUT2D eigenvalue weighted by Gasteiger charge is 2.20. The first-order valence-corrected chi connectivity index (χ1v) is 13.1. The molecule has 1 aliphatic heterocycles. The maximum atomic E-state index is 9.08. The second-order valence-electron chi connectivity index (χ2n) is 10.2. The Bertz CT molecular complexity index is 875. The maximum Gasteiger partial charge on any atom is 0.122 e. The van der Waals surface area contributed by atoms with E-state index in [4.69, 9.17) is 14.6 Å². The summed E-state index contributed by atoms with van der Waals surface area (Å²) in [4.78, 5) is 4.90. The van der Waals surface area contributed by atoms with E-state index in [0.29, 0.717) is 38.3 Å². The van der Waals surface area contributed by atoms with Gasteiger partial charge in [0.25, 0.3) is 0 Å². The Morgan fingerprint density at radius 2 is 1.94 bits per heavy atom. The van der Waals surface area contributed by atoms with Gasteiger partial charge in [-0.25, -0.2) is 0 Å². The van der Waals surface area contributed by atoms with E-state index in [0.717, 1.165) is 45.0 Å². The Hall–Kier alpha value is -1.96. The zero-order chi connectivity index (χ0) is 25.0. The Labute approximate surface area is 212 Å². The molecule has 0 aromatic heterocycles. The molecule has 0 bridgehead atoms. The number of nitrogens with one attached hydrogen (secondary N) is 1. The monoisotopic (exact) mass is 483 g/mol. The standard InChI is InChI=1S/C29H45N3O3/c1-23(2)17-32(19-27-15-24(3)25(4)29(16-27)35-14-8-13-33)22-34-21-28-20-31(12-11-30-28)18-26-9-6-5-7-10-26/h5-7,9-10,15-16,23,28,30,33H,8,11-14,17-22H2,1-4H3. The van der Waals surface area contributed by atoms with Crippen LogP contribution in [0.15, 0.2) is 42.5 Å². The molecule has 35 heavy (non-hydrogen) atoms. The molecule has 0 saturated carbocycles. The zero-order valence-corrected chi connectivity index (χ0v) is 22.1. The minimum absolute atomic E-state index is 0.150. The van der Waals surface area contributed by atoms with Crippen LogP contribution in [-0.4, -0.2) is 73.7 Å². The van der Waals surface area contributed by atoms with Crippen molar-refractivity contribution < 1.29 is 14.6 Å². The number of ether oxygens (including phenoxy) is 2. The van der Waals surface area contributed by atoms with Crippen LogP contribution in [0.3, 0.4) is 0 Å². The van der Waals surface area contributed by atoms with Crippen molar-refractivity contribution in [3.63, 3.8) is 0 Å². The molecule has 0 spiro atoms. The van der Waals surface area contributed by atoms with Crippen molar-refractivity contribution in [2.24, 2.45) is 5.92 Å². The van der Waals surface area contributed by atoms with E-state index in [1.165, 1.54) is 22.3 Å². The molecule has 1 atom stereocenters. The summed E-state index contributed by atoms with van der Waals surface area (Å²) in [7, 11) is 0. The summed E-state index contributed by atoms with van der Waals surface area (Å²) in [6.45, 7) is 16.6. The van der Waals surface area contributed by atoms with Gasteiger partial charge in [0.2, 0.25) is 0 Å². The average Bonchev–Trinajstić information content (AvgIpc) is 2.83. The van der Waals surface area contributed by atoms with Gasteiger partial charge < -0.3 is 19.9 Å². The average molecular weight is 484 g/mol. The van der Waals surface area contributed by atoms with E-state index in [1.54, 1.807) is 0 Å². The summed E-state index contributed by atoms with van der Waals surface area (Å²) in [5.41, 5.74) is 5.00. The molecule has 6 heteroatoms. The summed E-state index contributed by atoms with van der Waals surface area (Å²) in [5.74, 6) is 1.48. The van der Waals surface area contributed by atoms with Gasteiger partial charge in [0.05, 0.1) is 19.9 Å². The molecule has 0 radical (unpaired) electrons. The fraction of sp³-hybridized carbons (Fsp3) is 0.586. The smallest absolute Gasteiger partial charge is 0.122 e. The van der Waals surface area contributed by atoms with Crippen LogP contribution < -0.4 is 10.1 Å². The molecular weight excluding hydrogens is 438 g/mol. The predicted octanol–water partition coefficient (Wildman–Crippen LogP) is 3.97. The van der Waals surface area contributed by atoms with Crippen molar-refractivity contribution in [2.45, 2.75) is 53.2 Å². The van der Waals surface area contributed by atoms with Crippen LogP contribution >= 0.6 is 0 Å². The number of nitrogens with zero attached hydrogens (tertiary/aromatic N) is 2. The third-order valence-corrected chi connectivity index (χ3v) is 6.45. The van der Waals surface area contributed by atoms with Gasteiger partial charge in [0, 0.05) is 58.3 Å². The normalized spacial score (nSPS) is 16.8. The predicted molar refractivity (Wildman–Crippen MR) is 143 cm³/mol. The molecule has 0 aliphatic carbocycles. The quantitative estimate of drug-likeness (QED) is 0.313. The molecule has 2 aromatic carbocycles. The van der Waals surface area contributed by atoms with Crippen LogP contribution in [0.2, 0.25) is 0 Å². The second kappa shape index (κ2) is 14.6. The number of hydrogen-bond donors (Lipinski definition) is 2. The van der Waals surface area contributed by atoms with E-state index < -0.39 is 0 Å². The minimum Gasteiger partial charge on any atom is -0.493 e. The summed E-state index contributed by atoms with van der Waals surface area (Å²) in [5, 5.41) is 12.7. The molecular formula is C29H45N3O3. The van der Waals surface area contributed by atoms with Gasteiger partial charge in [0.15, 0.2) is 0 Å². The van der Waals surface area contributed by atoms with Gasteiger partial charge in [-0.1, -0.05) is 50.2 Å². The molecule has 1 aliphatic rings. The number of aliphatic hydroxyl groups excluding tert-OH is 1. The van der Waals surface area contributed by atoms with Gasteiger partial charge in [-0.05, 0) is 48.1 Å². The lowest BCUT2D eigenvalue weighted by atomic mass is 10.0. The van der Waals surface area contributed by atoms with Gasteiger partial charge in [-0.15, -0.1) is 0 Å². The fourth-order valence-corrected chi connectivity index (χ4v) is 4.64. The highest BCUT2D eigenvalue weighted by Crippen LogP contribution is 2.25. The number of aryl methyl sites for hydroxylation is 1. The number of piperazine rings is 1. The topological polar surface area (TPSA) is 57.2 Å². The Morgan fingerprint density at radius 1 is 1.14 bits per heavy atom. The van der Waals surface area contributed by atoms with E-state index in [1.807, 2.05) is 0 Å². The van der Waals surface area contributed by atoms with Crippen LogP contribution in [-0.2, 0) is 17.8 Å². The molecule has 2 N–H and O–H groups in total. The van der Waals surface area contributed by atoms with Crippen molar-refractivity contribution in [3.8, 4) is 5.75 Å². The van der Waals surface area contributed by atoms with Crippen molar-refractivity contribution in [1.82, 2.24) is 15.1 Å². The third-order valence-electron chi connectivity index (χ3n) is 6.45. The largest absolute Gasteiger partial charge is 0.493 e. The van der Waals surface area contributed by atoms with Crippen molar-refractivity contribution in [2.75, 3.05) is 52.7 Å². The lowest BCUT2D eigenvalue weighted by Crippen LogP contribution is -2.52. The van der Waals surface area contributed by atoms with Gasteiger partial charge in [0.1, 0.15) is 5.75 Å². The molecule has 1 unspecified atom stereocenters. The lowest BCUT2D eigenvalue weighted by Gasteiger charge is -2.34. The lowest BCUT2D eigenvalue weighted by molar-refractivity contribution is -0.000775. The van der Waals surface area contributed by atoms with Crippen LogP contribution in [0.25, 0.3) is 0 Å². The van der Waals surface area contributed by atoms with Crippen molar-refractivity contribution >= 4 is 0 Å². The van der Waals surface area contributed by atoms with Crippen LogP contribution in [0, 0.1) is 19.8 Å². The van der Waals surface area contributed by atoms with Gasteiger partial charge in [-0.3, -0.25) is 9.80 Å². The van der Waals surface area contributed by atoms with Gasteiger partial charge in [-0.2, -0.15) is 0 Å². The zero-order valence-electron chi connectivity index (χ0n) is 22.1. The molecule has 194 valence electrons. The summed E-state index contributed by atoms with van der Waals surface area (Å²) < 4.78 is 12.2. The number of rotatable bonds is 14. The first-order chi connectivity index (χ1) is 16.9. The number of aliphatic hydroxyl groups is 1. The van der Waals surface area contributed by atoms with Crippen LogP contribution in [0.5, 0.6) is 5.75 Å². The molecule has 1 heterocycles. The Morgan fingerprint density at radius 3 is 2.69 bits per heavy atom. The molecule has 3 rings (SSSR count). The highest BCUT2D eigenvalue weighted by molar-refractivity contribution is 5.42. The van der Waals surface area contributed by atoms with Crippen LogP contribution in [0.4, 0.5) is 0 Å². The fourth-order valence-electron chi connectivity index (χ4n) is 4.64. The summed E-state index contributed by atoms with van der Waals surface area (Å²) in [6.07, 6.45) is 0.647. The summed E-state index contributed by atoms with van der Waals surface area (Å²) in [6, 6.07) is 15.5. The molecule has 1 fully saturated rings. The van der Waals surface area contributed by atoms with Gasteiger partial charge >= 0.3 is 0 Å². The number of hydrogen-bond acceptors (Lipinski definition) is 6. The summed E-state index contributed by atoms with van der Waals surface area (Å²) >= 11 is 0. The highest BCUT2D eigenvalue weighted by atomic mass is 16.5. The molecule has 0 amide bonds. The van der Waals surface area contributed by atoms with Crippen molar-refractivity contribution in [1.29, 1.82) is 0 Å². The Balaban J connectivity index is 1.52. The molecule has 1 saturated heterocycles. The van der Waals surface area contributed by atoms with E-state index in [-0.39, 0.29) is 6.61 Å². The van der Waals surface area contributed by atoms with Crippen LogP contribution in [0.1, 0.15) is 42.5 Å². The second-order valence-corrected chi connectivity index (χ2v) is 10.2. The third kappa shape index (κ3) is 9.54. The van der Waals surface area contributed by atoms with E-state index in [2.05, 4.69) is 85.3 Å². The number of benzene rings is 2. The first kappa shape index (κ1) is 27.6. The van der Waals surface area contributed by atoms with E-state index >= 15 is 0 Å². The Kier molecular flexibility index (Phi) is 11.5. The van der Waals surface area contributed by atoms with E-state index in [9.17, 15) is 0 Å². The molecule has 6 nitrogen and oxygen atoms in total. The molecule has 2 aromatic rings. The SMILES string of the molecule is Cc1cc(CN(COCC2CN(Cc3ccccc3)CCN2)CC(C)C)cc(OCCCO)c1C. The first-order valence-electron chi connectivity index (χ1n) is 13.1. The van der Waals surface area contributed by atoms with Crippen molar-refractivity contribution in [3.05, 3.63) is 64.7 Å². The minimum atomic E-state index is 0.150. The maximum absolute atomic E-state index is 9.08.